The lowest BCUT2D eigenvalue weighted by molar-refractivity contribution is 0.241. The first-order valence-electron chi connectivity index (χ1n) is 5.62. The first kappa shape index (κ1) is 14.2. The van der Waals surface area contributed by atoms with E-state index in [1.165, 1.54) is 0 Å². The van der Waals surface area contributed by atoms with Crippen LogP contribution in [0, 0.1) is 0 Å². The second-order valence-electron chi connectivity index (χ2n) is 3.49. The van der Waals surface area contributed by atoms with Gasteiger partial charge in [-0.25, -0.2) is 4.79 Å². The van der Waals surface area contributed by atoms with Gasteiger partial charge >= 0.3 is 6.03 Å². The smallest absolute Gasteiger partial charge is 0.314 e. The van der Waals surface area contributed by atoms with Crippen LogP contribution in [0.1, 0.15) is 13.3 Å². The highest BCUT2D eigenvalue weighted by Crippen LogP contribution is 2.19. The zero-order chi connectivity index (χ0) is 12.5. The van der Waals surface area contributed by atoms with Crippen LogP contribution in [0.4, 0.5) is 4.79 Å². The number of nitrogens with one attached hydrogen (secondary N) is 2. The molecule has 0 aromatic heterocycles. The Hall–Kier alpha value is -0.870. The minimum absolute atomic E-state index is 0.0939. The molecule has 0 aliphatic rings. The second kappa shape index (κ2) is 8.25. The molecule has 0 radical (unpaired) electrons. The van der Waals surface area contributed by atoms with Crippen LogP contribution >= 0.6 is 23.4 Å². The molecule has 0 aliphatic heterocycles. The Morgan fingerprint density at radius 1 is 1.24 bits per heavy atom. The van der Waals surface area contributed by atoms with E-state index < -0.39 is 0 Å². The molecule has 1 aromatic rings. The van der Waals surface area contributed by atoms with Gasteiger partial charge in [-0.2, -0.15) is 0 Å². The summed E-state index contributed by atoms with van der Waals surface area (Å²) in [6, 6.07) is 7.59. The largest absolute Gasteiger partial charge is 0.338 e. The monoisotopic (exact) mass is 272 g/mol. The quantitative estimate of drug-likeness (QED) is 0.617. The number of benzene rings is 1. The summed E-state index contributed by atoms with van der Waals surface area (Å²) in [5.74, 6) is 0.848. The third-order valence-corrected chi connectivity index (χ3v) is 3.27. The Bertz CT molecular complexity index is 343. The average molecular weight is 273 g/mol. The van der Waals surface area contributed by atoms with Crippen LogP contribution in [0.3, 0.4) is 0 Å². The van der Waals surface area contributed by atoms with E-state index in [9.17, 15) is 4.79 Å². The van der Waals surface area contributed by atoms with Crippen LogP contribution in [-0.2, 0) is 0 Å². The van der Waals surface area contributed by atoms with E-state index in [1.54, 1.807) is 11.8 Å². The van der Waals surface area contributed by atoms with E-state index >= 15 is 0 Å². The molecule has 0 unspecified atom stereocenters. The fourth-order valence-electron chi connectivity index (χ4n) is 1.17. The molecule has 0 bridgehead atoms. The number of rotatable bonds is 6. The van der Waals surface area contributed by atoms with Crippen LogP contribution < -0.4 is 10.6 Å². The highest BCUT2D eigenvalue weighted by molar-refractivity contribution is 7.99. The summed E-state index contributed by atoms with van der Waals surface area (Å²) in [5.41, 5.74) is 0. The summed E-state index contributed by atoms with van der Waals surface area (Å²) >= 11 is 7.48. The van der Waals surface area contributed by atoms with Crippen LogP contribution in [0.5, 0.6) is 0 Å². The van der Waals surface area contributed by atoms with Crippen molar-refractivity contribution >= 4 is 29.4 Å². The van der Waals surface area contributed by atoms with Gasteiger partial charge in [0.15, 0.2) is 0 Å². The molecule has 3 nitrogen and oxygen atoms in total. The van der Waals surface area contributed by atoms with Crippen molar-refractivity contribution in [2.45, 2.75) is 18.2 Å². The van der Waals surface area contributed by atoms with Crippen molar-refractivity contribution in [2.75, 3.05) is 18.8 Å². The van der Waals surface area contributed by atoms with Gasteiger partial charge in [0.25, 0.3) is 0 Å². The van der Waals surface area contributed by atoms with Crippen molar-refractivity contribution in [3.8, 4) is 0 Å². The Kier molecular flexibility index (Phi) is 6.89. The first-order chi connectivity index (χ1) is 8.22. The van der Waals surface area contributed by atoms with Crippen molar-refractivity contribution in [3.63, 3.8) is 0 Å². The number of hydrogen-bond donors (Lipinski definition) is 2. The summed E-state index contributed by atoms with van der Waals surface area (Å²) < 4.78 is 0. The zero-order valence-corrected chi connectivity index (χ0v) is 11.4. The maximum Gasteiger partial charge on any atom is 0.314 e. The van der Waals surface area contributed by atoms with Gasteiger partial charge < -0.3 is 10.6 Å². The Morgan fingerprint density at radius 2 is 1.88 bits per heavy atom. The summed E-state index contributed by atoms with van der Waals surface area (Å²) in [5, 5.41) is 6.31. The molecule has 5 heteroatoms. The lowest BCUT2D eigenvalue weighted by Crippen LogP contribution is -2.36. The Labute approximate surface area is 111 Å². The molecule has 17 heavy (non-hydrogen) atoms. The maximum atomic E-state index is 11.2. The molecule has 0 atom stereocenters. The van der Waals surface area contributed by atoms with Crippen LogP contribution in [0.2, 0.25) is 5.02 Å². The maximum absolute atomic E-state index is 11.2. The van der Waals surface area contributed by atoms with Crippen LogP contribution in [0.15, 0.2) is 29.2 Å². The van der Waals surface area contributed by atoms with Gasteiger partial charge in [-0.15, -0.1) is 11.8 Å². The summed E-state index contributed by atoms with van der Waals surface area (Å²) in [4.78, 5) is 12.4. The van der Waals surface area contributed by atoms with Crippen LogP contribution in [0.25, 0.3) is 0 Å². The molecule has 2 amide bonds. The number of amides is 2. The summed E-state index contributed by atoms with van der Waals surface area (Å²) in [7, 11) is 0. The van der Waals surface area contributed by atoms with Crippen molar-refractivity contribution in [3.05, 3.63) is 29.3 Å². The average Bonchev–Trinajstić information content (AvgIpc) is 2.34. The standard InChI is InChI=1S/C12H17ClN2OS/c1-2-7-14-12(16)15-8-9-17-11-5-3-10(13)4-6-11/h3-6H,2,7-9H2,1H3,(H2,14,15,16). The minimum Gasteiger partial charge on any atom is -0.338 e. The molecular weight excluding hydrogens is 256 g/mol. The molecule has 0 fully saturated rings. The van der Waals surface area contributed by atoms with Gasteiger partial charge in [-0.3, -0.25) is 0 Å². The molecule has 0 saturated heterocycles. The van der Waals surface area contributed by atoms with Gasteiger partial charge in [0.1, 0.15) is 0 Å². The highest BCUT2D eigenvalue weighted by Gasteiger charge is 1.98. The van der Waals surface area contributed by atoms with Gasteiger partial charge in [0, 0.05) is 28.8 Å². The van der Waals surface area contributed by atoms with E-state index in [4.69, 9.17) is 11.6 Å². The number of carbonyl (C=O) groups is 1. The van der Waals surface area contributed by atoms with E-state index in [0.717, 1.165) is 28.6 Å². The molecule has 94 valence electrons. The lowest BCUT2D eigenvalue weighted by atomic mass is 10.4. The molecule has 0 saturated carbocycles. The second-order valence-corrected chi connectivity index (χ2v) is 5.09. The fraction of sp³-hybridized carbons (Fsp3) is 0.417. The topological polar surface area (TPSA) is 41.1 Å². The molecule has 2 N–H and O–H groups in total. The Morgan fingerprint density at radius 3 is 2.53 bits per heavy atom. The van der Waals surface area contributed by atoms with Crippen molar-refractivity contribution < 1.29 is 4.79 Å². The van der Waals surface area contributed by atoms with Gasteiger partial charge in [0.05, 0.1) is 0 Å². The predicted molar refractivity (Wildman–Crippen MR) is 73.9 cm³/mol. The molecule has 1 aromatic carbocycles. The fourth-order valence-corrected chi connectivity index (χ4v) is 2.06. The molecule has 1 rings (SSSR count). The normalized spacial score (nSPS) is 10.0. The van der Waals surface area contributed by atoms with E-state index in [1.807, 2.05) is 31.2 Å². The minimum atomic E-state index is -0.0939. The lowest BCUT2D eigenvalue weighted by Gasteiger charge is -2.06. The first-order valence-corrected chi connectivity index (χ1v) is 6.99. The third kappa shape index (κ3) is 6.44. The van der Waals surface area contributed by atoms with Crippen molar-refractivity contribution in [2.24, 2.45) is 0 Å². The summed E-state index contributed by atoms with van der Waals surface area (Å²) in [6.45, 7) is 3.40. The van der Waals surface area contributed by atoms with Gasteiger partial charge in [-0.05, 0) is 30.7 Å². The van der Waals surface area contributed by atoms with Crippen molar-refractivity contribution in [1.82, 2.24) is 10.6 Å². The molecule has 0 spiro atoms. The highest BCUT2D eigenvalue weighted by atomic mass is 35.5. The van der Waals surface area contributed by atoms with Crippen molar-refractivity contribution in [1.29, 1.82) is 0 Å². The number of thioether (sulfide) groups is 1. The van der Waals surface area contributed by atoms with E-state index in [-0.39, 0.29) is 6.03 Å². The van der Waals surface area contributed by atoms with E-state index in [2.05, 4.69) is 10.6 Å². The van der Waals surface area contributed by atoms with Gasteiger partial charge in [0.2, 0.25) is 0 Å². The predicted octanol–water partition coefficient (Wildman–Crippen LogP) is 3.14. The Balaban J connectivity index is 2.11. The zero-order valence-electron chi connectivity index (χ0n) is 9.83. The van der Waals surface area contributed by atoms with Gasteiger partial charge in [-0.1, -0.05) is 18.5 Å². The number of halogens is 1. The SMILES string of the molecule is CCCNC(=O)NCCSc1ccc(Cl)cc1. The summed E-state index contributed by atoms with van der Waals surface area (Å²) in [6.07, 6.45) is 0.951. The van der Waals surface area contributed by atoms with E-state index in [0.29, 0.717) is 6.54 Å². The number of urea groups is 1. The molecule has 0 aliphatic carbocycles. The number of carbonyl (C=O) groups excluding carboxylic acids is 1. The third-order valence-electron chi connectivity index (χ3n) is 2.01. The molecular formula is C12H17ClN2OS. The van der Waals surface area contributed by atoms with Crippen LogP contribution in [-0.4, -0.2) is 24.9 Å². The molecule has 0 heterocycles. The number of hydrogen-bond acceptors (Lipinski definition) is 2.